The molecule has 0 N–H and O–H groups in total. The van der Waals surface area contributed by atoms with Crippen LogP contribution in [0, 0.1) is 5.92 Å². The van der Waals surface area contributed by atoms with Crippen LogP contribution in [0.15, 0.2) is 55.1 Å². The van der Waals surface area contributed by atoms with Crippen molar-refractivity contribution in [3.8, 4) is 11.3 Å². The topological polar surface area (TPSA) is 81.2 Å². The second kappa shape index (κ2) is 7.12. The van der Waals surface area contributed by atoms with Crippen molar-refractivity contribution in [3.63, 3.8) is 0 Å². The predicted molar refractivity (Wildman–Crippen MR) is 109 cm³/mol. The van der Waals surface area contributed by atoms with Crippen LogP contribution in [0.1, 0.15) is 23.5 Å². The number of carbonyl (C=O) groups is 1. The van der Waals surface area contributed by atoms with Crippen LogP contribution in [0.2, 0.25) is 0 Å². The lowest BCUT2D eigenvalue weighted by atomic mass is 9.93. The minimum atomic E-state index is -0.0961. The molecule has 1 aliphatic heterocycles. The number of aromatic nitrogens is 6. The molecule has 0 radical (unpaired) electrons. The molecule has 8 nitrogen and oxygen atoms in total. The number of Topliss-reactive ketones (excluding diaryl/α,β-unsaturated/α-hetero) is 1. The molecule has 1 atom stereocenters. The number of hydrogen-bond acceptors (Lipinski definition) is 6. The third-order valence-electron chi connectivity index (χ3n) is 5.49. The number of piperidine rings is 1. The SMILES string of the molecule is Cn1ccnc1C(=O)C1CCCN(c2cc(-c3ccccc3)nn3cnnc23)C1. The number of benzene rings is 1. The summed E-state index contributed by atoms with van der Waals surface area (Å²) in [6, 6.07) is 12.1. The van der Waals surface area contributed by atoms with E-state index in [9.17, 15) is 4.79 Å². The monoisotopic (exact) mass is 387 g/mol. The third-order valence-corrected chi connectivity index (χ3v) is 5.49. The van der Waals surface area contributed by atoms with Crippen LogP contribution in [-0.2, 0) is 7.05 Å². The van der Waals surface area contributed by atoms with E-state index in [4.69, 9.17) is 0 Å². The van der Waals surface area contributed by atoms with Crippen molar-refractivity contribution in [1.82, 2.24) is 29.4 Å². The molecule has 0 spiro atoms. The Kier molecular flexibility index (Phi) is 4.31. The standard InChI is InChI=1S/C21H21N7O/c1-26-11-9-22-21(26)19(29)16-8-5-10-27(13-16)18-12-17(15-6-3-2-4-7-15)25-28-14-23-24-20(18)28/h2-4,6-7,9,11-12,14,16H,5,8,10,13H2,1H3. The highest BCUT2D eigenvalue weighted by Gasteiger charge is 2.30. The van der Waals surface area contributed by atoms with Gasteiger partial charge in [-0.1, -0.05) is 30.3 Å². The lowest BCUT2D eigenvalue weighted by molar-refractivity contribution is 0.0893. The first kappa shape index (κ1) is 17.5. The minimum absolute atomic E-state index is 0.0945. The van der Waals surface area contributed by atoms with E-state index in [2.05, 4.69) is 25.2 Å². The van der Waals surface area contributed by atoms with Gasteiger partial charge in [0, 0.05) is 44.0 Å². The Morgan fingerprint density at radius 1 is 1.21 bits per heavy atom. The summed E-state index contributed by atoms with van der Waals surface area (Å²) < 4.78 is 3.50. The molecule has 4 heterocycles. The lowest BCUT2D eigenvalue weighted by Crippen LogP contribution is -2.39. The Morgan fingerprint density at radius 2 is 2.07 bits per heavy atom. The van der Waals surface area contributed by atoms with Gasteiger partial charge in [-0.15, -0.1) is 10.2 Å². The maximum atomic E-state index is 13.0. The average molecular weight is 387 g/mol. The number of hydrogen-bond donors (Lipinski definition) is 0. The van der Waals surface area contributed by atoms with Crippen LogP contribution in [0.25, 0.3) is 16.9 Å². The molecule has 1 aromatic carbocycles. The molecule has 29 heavy (non-hydrogen) atoms. The highest BCUT2D eigenvalue weighted by atomic mass is 16.1. The summed E-state index contributed by atoms with van der Waals surface area (Å²) in [5.41, 5.74) is 3.54. The highest BCUT2D eigenvalue weighted by Crippen LogP contribution is 2.30. The van der Waals surface area contributed by atoms with Crippen LogP contribution < -0.4 is 4.90 Å². The summed E-state index contributed by atoms with van der Waals surface area (Å²) in [4.78, 5) is 19.5. The summed E-state index contributed by atoms with van der Waals surface area (Å²) in [5.74, 6) is 0.516. The first-order chi connectivity index (χ1) is 14.2. The normalized spacial score (nSPS) is 17.0. The van der Waals surface area contributed by atoms with Gasteiger partial charge in [0.1, 0.15) is 6.33 Å². The quantitative estimate of drug-likeness (QED) is 0.501. The molecule has 1 fully saturated rings. The summed E-state index contributed by atoms with van der Waals surface area (Å²) >= 11 is 0. The summed E-state index contributed by atoms with van der Waals surface area (Å²) in [7, 11) is 1.86. The lowest BCUT2D eigenvalue weighted by Gasteiger charge is -2.33. The van der Waals surface area contributed by atoms with E-state index in [1.807, 2.05) is 49.6 Å². The third kappa shape index (κ3) is 3.16. The van der Waals surface area contributed by atoms with Gasteiger partial charge < -0.3 is 9.47 Å². The Balaban J connectivity index is 1.51. The number of rotatable bonds is 4. The summed E-state index contributed by atoms with van der Waals surface area (Å²) in [5, 5.41) is 13.0. The van der Waals surface area contributed by atoms with Gasteiger partial charge in [0.05, 0.1) is 11.4 Å². The molecule has 1 aliphatic rings. The molecule has 1 saturated heterocycles. The molecule has 0 aliphatic carbocycles. The molecule has 0 bridgehead atoms. The van der Waals surface area contributed by atoms with Crippen molar-refractivity contribution in [3.05, 3.63) is 60.9 Å². The number of anilines is 1. The molecule has 3 aromatic heterocycles. The largest absolute Gasteiger partial charge is 0.368 e. The van der Waals surface area contributed by atoms with E-state index in [1.165, 1.54) is 0 Å². The van der Waals surface area contributed by atoms with E-state index in [0.717, 1.165) is 36.3 Å². The number of nitrogens with zero attached hydrogens (tertiary/aromatic N) is 7. The Labute approximate surface area is 167 Å². The number of imidazole rings is 1. The van der Waals surface area contributed by atoms with Crippen LogP contribution in [0.3, 0.4) is 0 Å². The number of carbonyl (C=O) groups excluding carboxylic acids is 1. The number of fused-ring (bicyclic) bond motifs is 1. The molecule has 0 amide bonds. The molecular formula is C21H21N7O. The van der Waals surface area contributed by atoms with Crippen molar-refractivity contribution >= 4 is 17.1 Å². The molecule has 8 heteroatoms. The second-order valence-corrected chi connectivity index (χ2v) is 7.39. The van der Waals surface area contributed by atoms with Crippen LogP contribution in [0.5, 0.6) is 0 Å². The van der Waals surface area contributed by atoms with Gasteiger partial charge in [-0.05, 0) is 18.9 Å². The van der Waals surface area contributed by atoms with Gasteiger partial charge in [0.15, 0.2) is 5.82 Å². The average Bonchev–Trinajstić information content (AvgIpc) is 3.42. The van der Waals surface area contributed by atoms with Crippen LogP contribution in [0.4, 0.5) is 5.69 Å². The smallest absolute Gasteiger partial charge is 0.203 e. The van der Waals surface area contributed by atoms with Crippen molar-refractivity contribution in [1.29, 1.82) is 0 Å². The first-order valence-corrected chi connectivity index (χ1v) is 9.73. The van der Waals surface area contributed by atoms with Crippen molar-refractivity contribution < 1.29 is 4.79 Å². The Bertz CT molecular complexity index is 1160. The highest BCUT2D eigenvalue weighted by molar-refractivity contribution is 5.95. The van der Waals surface area contributed by atoms with Gasteiger partial charge >= 0.3 is 0 Å². The number of ketones is 1. The molecule has 4 aromatic rings. The van der Waals surface area contributed by atoms with Gasteiger partial charge in [-0.3, -0.25) is 4.79 Å². The van der Waals surface area contributed by atoms with Crippen LogP contribution >= 0.6 is 0 Å². The van der Waals surface area contributed by atoms with Gasteiger partial charge in [-0.2, -0.15) is 9.61 Å². The maximum Gasteiger partial charge on any atom is 0.203 e. The summed E-state index contributed by atoms with van der Waals surface area (Å²) in [6.07, 6.45) is 6.89. The zero-order valence-electron chi connectivity index (χ0n) is 16.1. The van der Waals surface area contributed by atoms with E-state index >= 15 is 0 Å². The van der Waals surface area contributed by atoms with Crippen molar-refractivity contribution in [2.75, 3.05) is 18.0 Å². The molecule has 0 saturated carbocycles. The van der Waals surface area contributed by atoms with Crippen molar-refractivity contribution in [2.24, 2.45) is 13.0 Å². The fourth-order valence-electron chi connectivity index (χ4n) is 3.99. The zero-order chi connectivity index (χ0) is 19.8. The second-order valence-electron chi connectivity index (χ2n) is 7.39. The van der Waals surface area contributed by atoms with E-state index < -0.39 is 0 Å². The first-order valence-electron chi connectivity index (χ1n) is 9.73. The van der Waals surface area contributed by atoms with Crippen molar-refractivity contribution in [2.45, 2.75) is 12.8 Å². The van der Waals surface area contributed by atoms with E-state index in [0.29, 0.717) is 18.0 Å². The van der Waals surface area contributed by atoms with Gasteiger partial charge in [0.25, 0.3) is 0 Å². The fourth-order valence-corrected chi connectivity index (χ4v) is 3.99. The van der Waals surface area contributed by atoms with E-state index in [1.54, 1.807) is 21.6 Å². The molecule has 146 valence electrons. The minimum Gasteiger partial charge on any atom is -0.368 e. The molecular weight excluding hydrogens is 366 g/mol. The van der Waals surface area contributed by atoms with Gasteiger partial charge in [-0.25, -0.2) is 4.98 Å². The molecule has 5 rings (SSSR count). The zero-order valence-corrected chi connectivity index (χ0v) is 16.1. The number of aryl methyl sites for hydroxylation is 1. The predicted octanol–water partition coefficient (Wildman–Crippen LogP) is 2.62. The van der Waals surface area contributed by atoms with E-state index in [-0.39, 0.29) is 11.7 Å². The summed E-state index contributed by atoms with van der Waals surface area (Å²) in [6.45, 7) is 1.50. The van der Waals surface area contributed by atoms with Gasteiger partial charge in [0.2, 0.25) is 11.4 Å². The van der Waals surface area contributed by atoms with Crippen LogP contribution in [-0.4, -0.2) is 48.2 Å². The Hall–Kier alpha value is -3.55. The molecule has 1 unspecified atom stereocenters. The maximum absolute atomic E-state index is 13.0. The fraction of sp³-hybridized carbons (Fsp3) is 0.286. The Morgan fingerprint density at radius 3 is 2.86 bits per heavy atom.